The van der Waals surface area contributed by atoms with E-state index in [-0.39, 0.29) is 24.2 Å². The number of amides is 1. The summed E-state index contributed by atoms with van der Waals surface area (Å²) >= 11 is 0. The van der Waals surface area contributed by atoms with E-state index in [4.69, 9.17) is 4.42 Å². The Morgan fingerprint density at radius 3 is 2.59 bits per heavy atom. The van der Waals surface area contributed by atoms with Gasteiger partial charge in [-0.25, -0.2) is 4.39 Å². The minimum atomic E-state index is -0.281. The average molecular weight is 361 g/mol. The molecule has 0 aliphatic heterocycles. The second-order valence-electron chi connectivity index (χ2n) is 6.83. The Labute approximate surface area is 157 Å². The zero-order valence-corrected chi connectivity index (χ0v) is 15.3. The Morgan fingerprint density at radius 1 is 1.07 bits per heavy atom. The maximum Gasteiger partial charge on any atom is 0.227 e. The molecule has 4 rings (SSSR count). The molecule has 0 fully saturated rings. The van der Waals surface area contributed by atoms with Crippen LogP contribution < -0.4 is 0 Å². The van der Waals surface area contributed by atoms with Crippen molar-refractivity contribution in [3.05, 3.63) is 83.9 Å². The van der Waals surface area contributed by atoms with Gasteiger partial charge in [-0.15, -0.1) is 0 Å². The van der Waals surface area contributed by atoms with E-state index in [1.807, 2.05) is 37.3 Å². The summed E-state index contributed by atoms with van der Waals surface area (Å²) in [6, 6.07) is 18.2. The van der Waals surface area contributed by atoms with Crippen LogP contribution in [-0.2, 0) is 11.2 Å². The van der Waals surface area contributed by atoms with Crippen LogP contribution in [0.1, 0.15) is 24.1 Å². The second-order valence-corrected chi connectivity index (χ2v) is 6.83. The van der Waals surface area contributed by atoms with Gasteiger partial charge in [0.25, 0.3) is 0 Å². The summed E-state index contributed by atoms with van der Waals surface area (Å²) in [5, 5.41) is 3.19. The lowest BCUT2D eigenvalue weighted by Crippen LogP contribution is -2.30. The minimum absolute atomic E-state index is 0.0116. The standard InChI is InChI=1S/C23H20FNO2/c1-15(16-7-10-19(24)11-8-16)25(2)22(26)13-18-14-27-21-12-9-17-5-3-4-6-20(17)23(18)21/h3-12,14-15H,13H2,1-2H3. The predicted octanol–water partition coefficient (Wildman–Crippen LogP) is 5.49. The molecular formula is C23H20FNO2. The van der Waals surface area contributed by atoms with Gasteiger partial charge in [-0.05, 0) is 41.5 Å². The highest BCUT2D eigenvalue weighted by Crippen LogP contribution is 2.30. The molecule has 0 bridgehead atoms. The fourth-order valence-corrected chi connectivity index (χ4v) is 3.47. The topological polar surface area (TPSA) is 33.5 Å². The molecule has 0 saturated heterocycles. The molecule has 4 heteroatoms. The van der Waals surface area contributed by atoms with Gasteiger partial charge in [0.15, 0.2) is 0 Å². The first-order valence-corrected chi connectivity index (χ1v) is 8.93. The van der Waals surface area contributed by atoms with Crippen LogP contribution in [0, 0.1) is 5.82 Å². The molecule has 1 aromatic heterocycles. The fraction of sp³-hybridized carbons (Fsp3) is 0.174. The van der Waals surface area contributed by atoms with Gasteiger partial charge < -0.3 is 9.32 Å². The number of nitrogens with zero attached hydrogens (tertiary/aromatic N) is 1. The number of carbonyl (C=O) groups excluding carboxylic acids is 1. The zero-order valence-electron chi connectivity index (χ0n) is 15.3. The van der Waals surface area contributed by atoms with Gasteiger partial charge in [0.2, 0.25) is 5.91 Å². The van der Waals surface area contributed by atoms with Gasteiger partial charge in [-0.3, -0.25) is 4.79 Å². The van der Waals surface area contributed by atoms with Gasteiger partial charge in [0.05, 0.1) is 18.7 Å². The van der Waals surface area contributed by atoms with Crippen molar-refractivity contribution < 1.29 is 13.6 Å². The van der Waals surface area contributed by atoms with Crippen molar-refractivity contribution in [1.82, 2.24) is 4.90 Å². The molecular weight excluding hydrogens is 341 g/mol. The molecule has 0 spiro atoms. The van der Waals surface area contributed by atoms with Crippen LogP contribution in [0.25, 0.3) is 21.7 Å². The maximum absolute atomic E-state index is 13.1. The number of hydrogen-bond donors (Lipinski definition) is 0. The van der Waals surface area contributed by atoms with Gasteiger partial charge in [-0.2, -0.15) is 0 Å². The maximum atomic E-state index is 13.1. The highest BCUT2D eigenvalue weighted by Gasteiger charge is 2.20. The molecule has 4 aromatic rings. The molecule has 0 saturated carbocycles. The van der Waals surface area contributed by atoms with Crippen molar-refractivity contribution in [2.75, 3.05) is 7.05 Å². The molecule has 0 aliphatic rings. The third kappa shape index (κ3) is 3.19. The van der Waals surface area contributed by atoms with Crippen LogP contribution >= 0.6 is 0 Å². The van der Waals surface area contributed by atoms with E-state index in [1.54, 1.807) is 30.3 Å². The summed E-state index contributed by atoms with van der Waals surface area (Å²) in [6.45, 7) is 1.94. The predicted molar refractivity (Wildman–Crippen MR) is 105 cm³/mol. The van der Waals surface area contributed by atoms with Crippen molar-refractivity contribution in [2.24, 2.45) is 0 Å². The minimum Gasteiger partial charge on any atom is -0.464 e. The lowest BCUT2D eigenvalue weighted by molar-refractivity contribution is -0.131. The van der Waals surface area contributed by atoms with Gasteiger partial charge in [0, 0.05) is 18.0 Å². The van der Waals surface area contributed by atoms with Crippen molar-refractivity contribution in [3.8, 4) is 0 Å². The quantitative estimate of drug-likeness (QED) is 0.482. The monoisotopic (exact) mass is 361 g/mol. The molecule has 136 valence electrons. The van der Waals surface area contributed by atoms with E-state index in [1.165, 1.54) is 12.1 Å². The summed E-state index contributed by atoms with van der Waals surface area (Å²) in [4.78, 5) is 14.6. The first kappa shape index (κ1) is 17.3. The van der Waals surface area contributed by atoms with Crippen LogP contribution in [-0.4, -0.2) is 17.9 Å². The number of halogens is 1. The fourth-order valence-electron chi connectivity index (χ4n) is 3.47. The van der Waals surface area contributed by atoms with E-state index in [9.17, 15) is 9.18 Å². The molecule has 1 unspecified atom stereocenters. The lowest BCUT2D eigenvalue weighted by Gasteiger charge is -2.25. The Balaban J connectivity index is 1.62. The average Bonchev–Trinajstić information content (AvgIpc) is 3.10. The molecule has 3 aromatic carbocycles. The van der Waals surface area contributed by atoms with Crippen LogP contribution in [0.15, 0.2) is 71.3 Å². The van der Waals surface area contributed by atoms with E-state index in [0.29, 0.717) is 0 Å². The summed E-state index contributed by atoms with van der Waals surface area (Å²) in [6.07, 6.45) is 1.93. The molecule has 1 atom stereocenters. The van der Waals surface area contributed by atoms with Gasteiger partial charge >= 0.3 is 0 Å². The van der Waals surface area contributed by atoms with E-state index >= 15 is 0 Å². The summed E-state index contributed by atoms with van der Waals surface area (Å²) in [5.41, 5.74) is 2.56. The Bertz CT molecular complexity index is 1110. The first-order chi connectivity index (χ1) is 13.0. The Morgan fingerprint density at radius 2 is 1.81 bits per heavy atom. The Hall–Kier alpha value is -3.14. The normalized spacial score (nSPS) is 12.4. The molecule has 0 radical (unpaired) electrons. The van der Waals surface area contributed by atoms with Crippen molar-refractivity contribution in [2.45, 2.75) is 19.4 Å². The molecule has 1 amide bonds. The van der Waals surface area contributed by atoms with Gasteiger partial charge in [-0.1, -0.05) is 42.5 Å². The lowest BCUT2D eigenvalue weighted by atomic mass is 10.0. The molecule has 3 nitrogen and oxygen atoms in total. The number of carbonyl (C=O) groups is 1. The summed E-state index contributed by atoms with van der Waals surface area (Å²) in [5.74, 6) is -0.292. The number of likely N-dealkylation sites (N-methyl/N-ethyl adjacent to an activating group) is 1. The van der Waals surface area contributed by atoms with Crippen LogP contribution in [0.4, 0.5) is 4.39 Å². The smallest absolute Gasteiger partial charge is 0.227 e. The van der Waals surface area contributed by atoms with Crippen LogP contribution in [0.5, 0.6) is 0 Å². The van der Waals surface area contributed by atoms with Crippen LogP contribution in [0.3, 0.4) is 0 Å². The second kappa shape index (κ2) is 6.88. The van der Waals surface area contributed by atoms with E-state index in [2.05, 4.69) is 6.07 Å². The molecule has 27 heavy (non-hydrogen) atoms. The molecule has 1 heterocycles. The van der Waals surface area contributed by atoms with Crippen molar-refractivity contribution in [1.29, 1.82) is 0 Å². The van der Waals surface area contributed by atoms with E-state index in [0.717, 1.165) is 32.9 Å². The Kier molecular flexibility index (Phi) is 4.40. The SMILES string of the molecule is CC(c1ccc(F)cc1)N(C)C(=O)Cc1coc2ccc3ccccc3c12. The highest BCUT2D eigenvalue weighted by atomic mass is 19.1. The largest absolute Gasteiger partial charge is 0.464 e. The number of hydrogen-bond acceptors (Lipinski definition) is 2. The first-order valence-electron chi connectivity index (χ1n) is 8.93. The zero-order chi connectivity index (χ0) is 19.0. The third-order valence-electron chi connectivity index (χ3n) is 5.21. The summed E-state index contributed by atoms with van der Waals surface area (Å²) < 4.78 is 18.8. The number of fused-ring (bicyclic) bond motifs is 3. The number of furan rings is 1. The third-order valence-corrected chi connectivity index (χ3v) is 5.21. The molecule has 0 N–H and O–H groups in total. The number of rotatable bonds is 4. The van der Waals surface area contributed by atoms with Gasteiger partial charge in [0.1, 0.15) is 11.4 Å². The van der Waals surface area contributed by atoms with Crippen LogP contribution in [0.2, 0.25) is 0 Å². The highest BCUT2D eigenvalue weighted by molar-refractivity contribution is 6.08. The van der Waals surface area contributed by atoms with Crippen molar-refractivity contribution >= 4 is 27.6 Å². The summed E-state index contributed by atoms with van der Waals surface area (Å²) in [7, 11) is 1.77. The van der Waals surface area contributed by atoms with E-state index < -0.39 is 0 Å². The number of benzene rings is 3. The molecule has 0 aliphatic carbocycles. The van der Waals surface area contributed by atoms with Crippen molar-refractivity contribution in [3.63, 3.8) is 0 Å².